The molecule has 0 aromatic carbocycles. The largest absolute Gasteiger partial charge is 0.396 e. The van der Waals surface area contributed by atoms with Gasteiger partial charge in [-0.2, -0.15) is 0 Å². The number of aliphatic hydroxyl groups is 2. The minimum Gasteiger partial charge on any atom is -0.396 e. The molecule has 2 bridgehead atoms. The molecule has 1 aliphatic carbocycles. The van der Waals surface area contributed by atoms with E-state index in [9.17, 15) is 10.2 Å². The fraction of sp³-hybridized carbons (Fsp3) is 1.00. The zero-order valence-corrected chi connectivity index (χ0v) is 8.05. The lowest BCUT2D eigenvalue weighted by molar-refractivity contribution is -0.0466. The highest BCUT2D eigenvalue weighted by Crippen LogP contribution is 2.47. The summed E-state index contributed by atoms with van der Waals surface area (Å²) in [6.45, 7) is 2.38. The Morgan fingerprint density at radius 2 is 1.54 bits per heavy atom. The molecule has 2 atom stereocenters. The highest BCUT2D eigenvalue weighted by atomic mass is 16.3. The van der Waals surface area contributed by atoms with E-state index in [0.717, 1.165) is 38.8 Å². The number of aliphatic hydroxyl groups excluding tert-OH is 2. The Balaban J connectivity index is 2.16. The standard InChI is InChI=1S/C10H19NO2/c12-7-9-2-1-3-10(4-9,8-13)6-11-5-9/h11-13H,1-8H2. The van der Waals surface area contributed by atoms with E-state index >= 15 is 0 Å². The maximum atomic E-state index is 9.38. The molecule has 13 heavy (non-hydrogen) atoms. The van der Waals surface area contributed by atoms with Crippen molar-refractivity contribution in [2.75, 3.05) is 26.3 Å². The molecule has 1 aliphatic heterocycles. The summed E-state index contributed by atoms with van der Waals surface area (Å²) in [6, 6.07) is 0. The van der Waals surface area contributed by atoms with Crippen molar-refractivity contribution in [3.05, 3.63) is 0 Å². The summed E-state index contributed by atoms with van der Waals surface area (Å²) in [7, 11) is 0. The van der Waals surface area contributed by atoms with Gasteiger partial charge in [-0.1, -0.05) is 6.42 Å². The lowest BCUT2D eigenvalue weighted by Gasteiger charge is -2.51. The van der Waals surface area contributed by atoms with Gasteiger partial charge < -0.3 is 15.5 Å². The molecule has 2 rings (SSSR count). The molecule has 3 nitrogen and oxygen atoms in total. The van der Waals surface area contributed by atoms with Gasteiger partial charge in [0.25, 0.3) is 0 Å². The van der Waals surface area contributed by atoms with Crippen molar-refractivity contribution in [1.29, 1.82) is 0 Å². The van der Waals surface area contributed by atoms with Gasteiger partial charge >= 0.3 is 0 Å². The van der Waals surface area contributed by atoms with Gasteiger partial charge in [-0.15, -0.1) is 0 Å². The van der Waals surface area contributed by atoms with Gasteiger partial charge in [0.05, 0.1) is 0 Å². The van der Waals surface area contributed by atoms with Crippen LogP contribution < -0.4 is 5.32 Å². The molecule has 1 saturated heterocycles. The number of hydrogen-bond acceptors (Lipinski definition) is 3. The van der Waals surface area contributed by atoms with Crippen molar-refractivity contribution < 1.29 is 10.2 Å². The third-order valence-electron chi connectivity index (χ3n) is 3.84. The van der Waals surface area contributed by atoms with Crippen LogP contribution in [0.2, 0.25) is 0 Å². The molecule has 1 saturated carbocycles. The first-order valence-corrected chi connectivity index (χ1v) is 5.17. The van der Waals surface area contributed by atoms with E-state index < -0.39 is 0 Å². The van der Waals surface area contributed by atoms with Crippen LogP contribution in [0.4, 0.5) is 0 Å². The lowest BCUT2D eigenvalue weighted by atomic mass is 9.60. The van der Waals surface area contributed by atoms with Gasteiger partial charge in [0.1, 0.15) is 0 Å². The van der Waals surface area contributed by atoms with Crippen LogP contribution in [0, 0.1) is 10.8 Å². The molecular weight excluding hydrogens is 166 g/mol. The van der Waals surface area contributed by atoms with Gasteiger partial charge in [-0.3, -0.25) is 0 Å². The van der Waals surface area contributed by atoms with E-state index in [4.69, 9.17) is 0 Å². The highest BCUT2D eigenvalue weighted by Gasteiger charge is 2.47. The monoisotopic (exact) mass is 185 g/mol. The zero-order valence-electron chi connectivity index (χ0n) is 8.05. The maximum absolute atomic E-state index is 9.38. The summed E-state index contributed by atoms with van der Waals surface area (Å²) in [5, 5.41) is 22.1. The van der Waals surface area contributed by atoms with Crippen molar-refractivity contribution in [3.63, 3.8) is 0 Å². The number of fused-ring (bicyclic) bond motifs is 2. The van der Waals surface area contributed by atoms with Gasteiger partial charge in [0.15, 0.2) is 0 Å². The number of nitrogens with one attached hydrogen (secondary N) is 1. The molecule has 76 valence electrons. The topological polar surface area (TPSA) is 52.5 Å². The Bertz CT molecular complexity index is 165. The molecule has 2 aliphatic rings. The van der Waals surface area contributed by atoms with Gasteiger partial charge in [0, 0.05) is 37.1 Å². The van der Waals surface area contributed by atoms with Crippen LogP contribution in [0.1, 0.15) is 25.7 Å². The average molecular weight is 185 g/mol. The Kier molecular flexibility index (Phi) is 2.34. The predicted molar refractivity (Wildman–Crippen MR) is 50.4 cm³/mol. The first-order chi connectivity index (χ1) is 6.24. The minimum absolute atomic E-state index is 0.0687. The fourth-order valence-electron chi connectivity index (χ4n) is 3.09. The van der Waals surface area contributed by atoms with Gasteiger partial charge in [0.2, 0.25) is 0 Å². The SMILES string of the molecule is OCC12CCCC(CO)(CNC1)C2. The van der Waals surface area contributed by atoms with E-state index in [0.29, 0.717) is 0 Å². The zero-order chi connectivity index (χ0) is 9.36. The molecule has 0 spiro atoms. The summed E-state index contributed by atoms with van der Waals surface area (Å²) in [6.07, 6.45) is 4.37. The van der Waals surface area contributed by atoms with Crippen LogP contribution in [-0.2, 0) is 0 Å². The summed E-state index contributed by atoms with van der Waals surface area (Å²) in [5.74, 6) is 0. The number of piperidine rings is 1. The van der Waals surface area contributed by atoms with E-state index in [1.165, 1.54) is 0 Å². The molecular formula is C10H19NO2. The lowest BCUT2D eigenvalue weighted by Crippen LogP contribution is -2.56. The van der Waals surface area contributed by atoms with Crippen molar-refractivity contribution >= 4 is 0 Å². The second-order valence-corrected chi connectivity index (χ2v) is 4.95. The Morgan fingerprint density at radius 1 is 1.00 bits per heavy atom. The van der Waals surface area contributed by atoms with Crippen molar-refractivity contribution in [2.45, 2.75) is 25.7 Å². The average Bonchev–Trinajstić information content (AvgIpc) is 2.18. The minimum atomic E-state index is 0.0687. The van der Waals surface area contributed by atoms with Crippen LogP contribution in [0.15, 0.2) is 0 Å². The molecule has 3 heteroatoms. The van der Waals surface area contributed by atoms with Crippen LogP contribution in [0.25, 0.3) is 0 Å². The van der Waals surface area contributed by atoms with Crippen molar-refractivity contribution in [1.82, 2.24) is 5.32 Å². The van der Waals surface area contributed by atoms with Crippen LogP contribution in [0.3, 0.4) is 0 Å². The normalized spacial score (nSPS) is 44.8. The second-order valence-electron chi connectivity index (χ2n) is 4.95. The molecule has 2 fully saturated rings. The van der Waals surface area contributed by atoms with Crippen LogP contribution in [0.5, 0.6) is 0 Å². The first kappa shape index (κ1) is 9.44. The Labute approximate surface area is 79.2 Å². The summed E-state index contributed by atoms with van der Waals surface area (Å²) >= 11 is 0. The Morgan fingerprint density at radius 3 is 2.00 bits per heavy atom. The van der Waals surface area contributed by atoms with E-state index in [2.05, 4.69) is 5.32 Å². The number of hydrogen-bond donors (Lipinski definition) is 3. The van der Waals surface area contributed by atoms with Gasteiger partial charge in [-0.25, -0.2) is 0 Å². The maximum Gasteiger partial charge on any atom is 0.0499 e. The molecule has 2 unspecified atom stereocenters. The van der Waals surface area contributed by atoms with Gasteiger partial charge in [-0.05, 0) is 19.3 Å². The smallest absolute Gasteiger partial charge is 0.0499 e. The molecule has 0 radical (unpaired) electrons. The summed E-state index contributed by atoms with van der Waals surface area (Å²) in [5.41, 5.74) is 0.137. The third-order valence-corrected chi connectivity index (χ3v) is 3.84. The van der Waals surface area contributed by atoms with Crippen molar-refractivity contribution in [3.8, 4) is 0 Å². The first-order valence-electron chi connectivity index (χ1n) is 5.17. The molecule has 0 aromatic heterocycles. The quantitative estimate of drug-likeness (QED) is 0.573. The molecule has 0 amide bonds. The second kappa shape index (κ2) is 3.23. The van der Waals surface area contributed by atoms with Crippen molar-refractivity contribution in [2.24, 2.45) is 10.8 Å². The molecule has 3 N–H and O–H groups in total. The fourth-order valence-corrected chi connectivity index (χ4v) is 3.09. The van der Waals surface area contributed by atoms with E-state index in [1.807, 2.05) is 0 Å². The molecule has 1 heterocycles. The predicted octanol–water partition coefficient (Wildman–Crippen LogP) is 0.121. The molecule has 0 aromatic rings. The van der Waals surface area contributed by atoms with Crippen LogP contribution >= 0.6 is 0 Å². The van der Waals surface area contributed by atoms with E-state index in [-0.39, 0.29) is 24.0 Å². The summed E-state index contributed by atoms with van der Waals surface area (Å²) in [4.78, 5) is 0. The Hall–Kier alpha value is -0.120. The van der Waals surface area contributed by atoms with Crippen LogP contribution in [-0.4, -0.2) is 36.5 Å². The summed E-state index contributed by atoms with van der Waals surface area (Å²) < 4.78 is 0. The number of rotatable bonds is 2. The third kappa shape index (κ3) is 1.49. The van der Waals surface area contributed by atoms with E-state index in [1.54, 1.807) is 0 Å². The highest BCUT2D eigenvalue weighted by molar-refractivity contribution is 5.00.